The molecular weight excluding hydrogens is 806 g/mol. The molecule has 22 heteroatoms. The number of aliphatic hydroxyl groups excluding tert-OH is 2. The highest BCUT2D eigenvalue weighted by Crippen LogP contribution is 2.31. The maximum Gasteiger partial charge on any atom is 0.404 e. The van der Waals surface area contributed by atoms with Crippen LogP contribution in [0.15, 0.2) is 35.3 Å². The molecule has 2 heterocycles. The zero-order chi connectivity index (χ0) is 45.6. The standard InChI is InChI=1S/C39H59N7O15/c1-6-18(3)25(33(50)46-26(35(52)53)19(4)7-2)45-34(51)27(44-24(47)11-9-8-10-21(40)16-20-12-14-22(58-5)15-13-20)30(23-17-42-39(57)43-23)59-37-29(49)31(61-38(41)56)28(48)32(60-37)36(54)55/h12-15,17-19,21,25-32,37,48-49H,6-11,16,40H2,1-5H3,(H2,41,56)(H,44,47)(H,45,51)(H,46,50)(H,52,53)(H,54,55)(H2,42,43,57)/p+1/t18-,19+,21?,25-,26+,27+,28-,29+,30-,31-,32+,37+/m0/s1. The van der Waals surface area contributed by atoms with Gasteiger partial charge in [-0.05, 0) is 48.8 Å². The molecule has 1 aromatic heterocycles. The van der Waals surface area contributed by atoms with Gasteiger partial charge in [-0.2, -0.15) is 0 Å². The van der Waals surface area contributed by atoms with E-state index in [1.54, 1.807) is 34.8 Å². The third-order valence-electron chi connectivity index (χ3n) is 10.7. The van der Waals surface area contributed by atoms with Gasteiger partial charge in [0.15, 0.2) is 18.5 Å². The maximum absolute atomic E-state index is 14.5. The summed E-state index contributed by atoms with van der Waals surface area (Å²) in [6.07, 6.45) is -10.2. The Bertz CT molecular complexity index is 1840. The normalized spacial score (nSPS) is 22.3. The smallest absolute Gasteiger partial charge is 0.404 e. The molecule has 1 unspecified atom stereocenters. The van der Waals surface area contributed by atoms with E-state index in [9.17, 15) is 54.0 Å². The highest BCUT2D eigenvalue weighted by molar-refractivity contribution is 5.94. The van der Waals surface area contributed by atoms with E-state index in [4.69, 9.17) is 24.7 Å². The number of hydrogen-bond donors (Lipinski definition) is 11. The van der Waals surface area contributed by atoms with Crippen LogP contribution in [0.1, 0.15) is 83.6 Å². The van der Waals surface area contributed by atoms with Crippen LogP contribution in [0, 0.1) is 11.8 Å². The fourth-order valence-corrected chi connectivity index (χ4v) is 6.71. The Morgan fingerprint density at radius 3 is 2.05 bits per heavy atom. The molecule has 2 aromatic rings. The predicted molar refractivity (Wildman–Crippen MR) is 212 cm³/mol. The molecular formula is C39H60N7O15+. The van der Waals surface area contributed by atoms with Crippen LogP contribution in [0.5, 0.6) is 5.75 Å². The fraction of sp³-hybridized carbons (Fsp3) is 0.615. The number of methoxy groups -OCH3 is 1. The lowest BCUT2D eigenvalue weighted by Gasteiger charge is -2.41. The minimum atomic E-state index is -2.18. The Morgan fingerprint density at radius 2 is 1.51 bits per heavy atom. The second kappa shape index (κ2) is 23.4. The van der Waals surface area contributed by atoms with E-state index >= 15 is 0 Å². The van der Waals surface area contributed by atoms with Gasteiger partial charge in [0, 0.05) is 19.0 Å². The summed E-state index contributed by atoms with van der Waals surface area (Å²) in [5, 5.41) is 49.0. The molecule has 1 aliphatic heterocycles. The summed E-state index contributed by atoms with van der Waals surface area (Å²) in [4.78, 5) is 94.9. The highest BCUT2D eigenvalue weighted by Gasteiger charge is 2.52. The van der Waals surface area contributed by atoms with Crippen molar-refractivity contribution >= 4 is 35.8 Å². The van der Waals surface area contributed by atoms with E-state index in [1.807, 2.05) is 24.3 Å². The molecule has 0 spiro atoms. The number of aromatic nitrogens is 2. The van der Waals surface area contributed by atoms with Crippen molar-refractivity contribution in [2.24, 2.45) is 17.6 Å². The van der Waals surface area contributed by atoms with Crippen molar-refractivity contribution in [3.05, 3.63) is 52.2 Å². The number of quaternary nitrogens is 1. The molecule has 340 valence electrons. The third kappa shape index (κ3) is 14.3. The molecule has 1 fully saturated rings. The number of carboxylic acids is 2. The van der Waals surface area contributed by atoms with Gasteiger partial charge in [-0.25, -0.2) is 19.2 Å². The van der Waals surface area contributed by atoms with E-state index in [2.05, 4.69) is 31.7 Å². The summed E-state index contributed by atoms with van der Waals surface area (Å²) in [5.41, 5.74) is 9.32. The van der Waals surface area contributed by atoms with E-state index in [-0.39, 0.29) is 18.2 Å². The van der Waals surface area contributed by atoms with Crippen LogP contribution in [-0.2, 0) is 44.6 Å². The van der Waals surface area contributed by atoms with Gasteiger partial charge >= 0.3 is 23.7 Å². The molecule has 0 radical (unpaired) electrons. The topological polar surface area (TPSA) is 359 Å². The van der Waals surface area contributed by atoms with Crippen molar-refractivity contribution < 1.29 is 73.9 Å². The highest BCUT2D eigenvalue weighted by atomic mass is 16.7. The van der Waals surface area contributed by atoms with Gasteiger partial charge < -0.3 is 76.8 Å². The molecule has 14 N–H and O–H groups in total. The number of unbranched alkanes of at least 4 members (excludes halogenated alkanes) is 1. The molecule has 12 atom stereocenters. The number of aliphatic carboxylic acids is 2. The minimum Gasteiger partial charge on any atom is -0.497 e. The summed E-state index contributed by atoms with van der Waals surface area (Å²) in [7, 11) is 1.57. The number of ether oxygens (including phenoxy) is 4. The van der Waals surface area contributed by atoms with Crippen molar-refractivity contribution in [3.8, 4) is 5.75 Å². The van der Waals surface area contributed by atoms with Crippen LogP contribution in [0.2, 0.25) is 0 Å². The first-order valence-corrected chi connectivity index (χ1v) is 20.0. The minimum absolute atomic E-state index is 0.000268. The molecule has 0 aliphatic carbocycles. The Hall–Kier alpha value is -5.55. The van der Waals surface area contributed by atoms with Crippen LogP contribution in [-0.4, -0.2) is 128 Å². The van der Waals surface area contributed by atoms with Crippen LogP contribution in [0.4, 0.5) is 4.79 Å². The SMILES string of the molecule is CC[C@@H](C)[C@@H](NC(=O)[C@@H](NC(=O)[C@H](NC(=O)CCCCC([NH3+])Cc1ccc(OC)cc1)[C@@H](O[C@@H]1O[C@@H](C(=O)O)[C@@H](O)[C@H](OC(N)=O)[C@H]1O)c1c[nH]c(=O)[nH]1)[C@@H](C)CC)C(=O)O. The van der Waals surface area contributed by atoms with Gasteiger partial charge in [0.05, 0.1) is 18.8 Å². The van der Waals surface area contributed by atoms with Gasteiger partial charge in [-0.15, -0.1) is 0 Å². The molecule has 4 amide bonds. The second-order valence-electron chi connectivity index (χ2n) is 15.2. The van der Waals surface area contributed by atoms with Gasteiger partial charge in [-0.1, -0.05) is 52.7 Å². The zero-order valence-corrected chi connectivity index (χ0v) is 34.8. The van der Waals surface area contributed by atoms with Gasteiger partial charge in [0.1, 0.15) is 42.2 Å². The van der Waals surface area contributed by atoms with Crippen LogP contribution in [0.25, 0.3) is 0 Å². The zero-order valence-electron chi connectivity index (χ0n) is 34.8. The summed E-state index contributed by atoms with van der Waals surface area (Å²) in [6.45, 7) is 6.73. The van der Waals surface area contributed by atoms with Crippen LogP contribution in [0.3, 0.4) is 0 Å². The summed E-state index contributed by atoms with van der Waals surface area (Å²) in [6, 6.07) is 2.97. The van der Waals surface area contributed by atoms with Gasteiger partial charge in [0.2, 0.25) is 17.7 Å². The average molecular weight is 867 g/mol. The quantitative estimate of drug-likeness (QED) is 0.0553. The summed E-state index contributed by atoms with van der Waals surface area (Å²) < 4.78 is 21.4. The number of carbonyl (C=O) groups excluding carboxylic acids is 4. The Balaban J connectivity index is 1.97. The Kier molecular flexibility index (Phi) is 19.1. The number of hydrogen-bond acceptors (Lipinski definition) is 13. The van der Waals surface area contributed by atoms with Gasteiger partial charge in [0.25, 0.3) is 0 Å². The first kappa shape index (κ1) is 49.8. The van der Waals surface area contributed by atoms with E-state index in [1.165, 1.54) is 0 Å². The summed E-state index contributed by atoms with van der Waals surface area (Å²) in [5.74, 6) is -6.09. The maximum atomic E-state index is 14.5. The first-order chi connectivity index (χ1) is 28.8. The number of benzene rings is 1. The number of nitrogens with one attached hydrogen (secondary N) is 5. The average Bonchev–Trinajstić information content (AvgIpc) is 3.65. The lowest BCUT2D eigenvalue weighted by molar-refractivity contribution is -0.420. The summed E-state index contributed by atoms with van der Waals surface area (Å²) >= 11 is 0. The number of carbonyl (C=O) groups is 6. The van der Waals surface area contributed by atoms with E-state index in [0.29, 0.717) is 38.5 Å². The first-order valence-electron chi connectivity index (χ1n) is 20.0. The fourth-order valence-electron chi connectivity index (χ4n) is 6.71. The molecule has 22 nitrogen and oxygen atoms in total. The number of aromatic amines is 2. The molecule has 0 bridgehead atoms. The Labute approximate surface area is 351 Å². The number of imidazole rings is 1. The third-order valence-corrected chi connectivity index (χ3v) is 10.7. The van der Waals surface area contributed by atoms with Crippen LogP contribution >= 0.6 is 0 Å². The molecule has 61 heavy (non-hydrogen) atoms. The lowest BCUT2D eigenvalue weighted by atomic mass is 9.94. The van der Waals surface area contributed by atoms with Crippen molar-refractivity contribution in [1.29, 1.82) is 0 Å². The molecule has 3 rings (SSSR count). The number of amides is 4. The van der Waals surface area contributed by atoms with Crippen molar-refractivity contribution in [3.63, 3.8) is 0 Å². The predicted octanol–water partition coefficient (Wildman–Crippen LogP) is -1.19. The number of nitrogens with two attached hydrogens (primary N) is 1. The van der Waals surface area contributed by atoms with Gasteiger partial charge in [-0.3, -0.25) is 14.4 Å². The number of aliphatic hydroxyl groups is 2. The molecule has 1 aliphatic rings. The molecule has 1 saturated heterocycles. The number of carboxylic acid groups (broad SMARTS) is 2. The van der Waals surface area contributed by atoms with Crippen molar-refractivity contribution in [2.75, 3.05) is 7.11 Å². The molecule has 0 saturated carbocycles. The van der Waals surface area contributed by atoms with Crippen LogP contribution < -0.4 is 37.8 Å². The van der Waals surface area contributed by atoms with E-state index < -0.39 is 108 Å². The largest absolute Gasteiger partial charge is 0.497 e. The number of primary amides is 1. The Morgan fingerprint density at radius 1 is 0.902 bits per heavy atom. The molecule has 1 aromatic carbocycles. The monoisotopic (exact) mass is 866 g/mol. The van der Waals surface area contributed by atoms with E-state index in [0.717, 1.165) is 17.5 Å². The number of H-pyrrole nitrogens is 2. The lowest BCUT2D eigenvalue weighted by Crippen LogP contribution is -2.63. The van der Waals surface area contributed by atoms with Crippen molar-refractivity contribution in [2.45, 2.75) is 134 Å². The van der Waals surface area contributed by atoms with Crippen molar-refractivity contribution in [1.82, 2.24) is 25.9 Å². The second-order valence-corrected chi connectivity index (χ2v) is 15.2. The number of rotatable bonds is 24.